The molecule has 2 atom stereocenters. The fourth-order valence-electron chi connectivity index (χ4n) is 7.17. The summed E-state index contributed by atoms with van der Waals surface area (Å²) in [6.45, 7) is 3.55. The van der Waals surface area contributed by atoms with Crippen LogP contribution in [0.5, 0.6) is 23.0 Å². The van der Waals surface area contributed by atoms with Gasteiger partial charge in [-0.05, 0) is 54.9 Å². The lowest BCUT2D eigenvalue weighted by atomic mass is 10.0. The van der Waals surface area contributed by atoms with Gasteiger partial charge in [0.2, 0.25) is 0 Å². The van der Waals surface area contributed by atoms with Gasteiger partial charge in [-0.25, -0.2) is 0 Å². The predicted octanol–water partition coefficient (Wildman–Crippen LogP) is 6.54. The summed E-state index contributed by atoms with van der Waals surface area (Å²) >= 11 is 0. The molecule has 1 aliphatic carbocycles. The number of rotatable bonds is 9. The zero-order valence-corrected chi connectivity index (χ0v) is 27.4. The Kier molecular flexibility index (Phi) is 7.46. The van der Waals surface area contributed by atoms with Crippen molar-refractivity contribution in [3.8, 4) is 23.0 Å². The molecule has 4 aliphatic heterocycles. The van der Waals surface area contributed by atoms with E-state index in [9.17, 15) is 9.59 Å². The fourth-order valence-corrected chi connectivity index (χ4v) is 7.17. The van der Waals surface area contributed by atoms with Gasteiger partial charge in [0, 0.05) is 50.1 Å². The van der Waals surface area contributed by atoms with Crippen molar-refractivity contribution >= 4 is 41.2 Å². The first-order valence-corrected chi connectivity index (χ1v) is 16.5. The summed E-state index contributed by atoms with van der Waals surface area (Å²) in [5, 5.41) is 0. The highest BCUT2D eigenvalue weighted by Crippen LogP contribution is 2.55. The second-order valence-corrected chi connectivity index (χ2v) is 13.4. The van der Waals surface area contributed by atoms with E-state index < -0.39 is 0 Å². The Morgan fingerprint density at radius 3 is 2.00 bits per heavy atom. The van der Waals surface area contributed by atoms with Crippen molar-refractivity contribution in [1.29, 1.82) is 0 Å². The number of hydrogen-bond donors (Lipinski definition) is 0. The summed E-state index contributed by atoms with van der Waals surface area (Å²) in [6, 6.07) is 15.2. The topological polar surface area (TPSA) is 102 Å². The van der Waals surface area contributed by atoms with E-state index in [0.717, 1.165) is 24.1 Å². The SMILES string of the molecule is COc1cc2c(cc1OCCCOc1cc3c(cc1OC)C(=O)N1CC4(CC4)C[C@H]1C=N3)N=C[C@@H]1CC(c3ccc(C)cc3)=CN1C2=O. The van der Waals surface area contributed by atoms with Crippen molar-refractivity contribution in [1.82, 2.24) is 9.80 Å². The van der Waals surface area contributed by atoms with Gasteiger partial charge < -0.3 is 28.7 Å². The average molecular weight is 647 g/mol. The van der Waals surface area contributed by atoms with Gasteiger partial charge in [-0.1, -0.05) is 29.8 Å². The van der Waals surface area contributed by atoms with Crippen molar-refractivity contribution in [3.05, 3.63) is 77.0 Å². The molecule has 2 amide bonds. The Balaban J connectivity index is 0.919. The molecule has 3 aromatic carbocycles. The number of benzene rings is 3. The molecular weight excluding hydrogens is 608 g/mol. The number of carbonyl (C=O) groups is 2. The summed E-state index contributed by atoms with van der Waals surface area (Å²) in [7, 11) is 3.13. The van der Waals surface area contributed by atoms with Crippen molar-refractivity contribution in [3.63, 3.8) is 0 Å². The molecule has 1 spiro atoms. The maximum Gasteiger partial charge on any atom is 0.260 e. The molecule has 5 aliphatic rings. The van der Waals surface area contributed by atoms with Gasteiger partial charge in [-0.15, -0.1) is 0 Å². The van der Waals surface area contributed by atoms with Gasteiger partial charge in [-0.2, -0.15) is 0 Å². The van der Waals surface area contributed by atoms with Crippen LogP contribution < -0.4 is 18.9 Å². The highest BCUT2D eigenvalue weighted by molar-refractivity contribution is 6.06. The van der Waals surface area contributed by atoms with Crippen LogP contribution in [0, 0.1) is 12.3 Å². The number of aryl methyl sites for hydroxylation is 1. The van der Waals surface area contributed by atoms with E-state index >= 15 is 0 Å². The van der Waals surface area contributed by atoms with Crippen LogP contribution in [0.3, 0.4) is 0 Å². The molecule has 1 saturated carbocycles. The number of methoxy groups -OCH3 is 2. The van der Waals surface area contributed by atoms with Gasteiger partial charge in [0.1, 0.15) is 0 Å². The summed E-state index contributed by atoms with van der Waals surface area (Å²) < 4.78 is 23.4. The van der Waals surface area contributed by atoms with Crippen LogP contribution in [0.2, 0.25) is 0 Å². The summed E-state index contributed by atoms with van der Waals surface area (Å²) in [6.07, 6.45) is 10.3. The highest BCUT2D eigenvalue weighted by atomic mass is 16.5. The molecule has 48 heavy (non-hydrogen) atoms. The monoisotopic (exact) mass is 646 g/mol. The Morgan fingerprint density at radius 1 is 0.792 bits per heavy atom. The van der Waals surface area contributed by atoms with Crippen LogP contribution >= 0.6 is 0 Å². The molecular formula is C38H38N4O6. The molecule has 8 rings (SSSR count). The predicted molar refractivity (Wildman–Crippen MR) is 183 cm³/mol. The molecule has 0 bridgehead atoms. The highest BCUT2D eigenvalue weighted by Gasteiger charge is 2.53. The minimum absolute atomic E-state index is 0.000817. The Hall–Kier alpha value is -5.12. The van der Waals surface area contributed by atoms with Crippen LogP contribution in [0.15, 0.2) is 64.7 Å². The summed E-state index contributed by atoms with van der Waals surface area (Å²) in [5.41, 5.74) is 5.85. The number of carbonyl (C=O) groups excluding carboxylic acids is 2. The van der Waals surface area contributed by atoms with Crippen molar-refractivity contribution < 1.29 is 28.5 Å². The number of aliphatic imine (C=N–C) groups is 2. The van der Waals surface area contributed by atoms with Gasteiger partial charge >= 0.3 is 0 Å². The van der Waals surface area contributed by atoms with Crippen LogP contribution in [0.1, 0.15) is 63.9 Å². The minimum atomic E-state index is -0.158. The molecule has 0 aromatic heterocycles. The number of hydrogen-bond acceptors (Lipinski definition) is 8. The van der Waals surface area contributed by atoms with E-state index in [0.29, 0.717) is 77.0 Å². The van der Waals surface area contributed by atoms with E-state index in [4.69, 9.17) is 28.9 Å². The smallest absolute Gasteiger partial charge is 0.260 e. The molecule has 4 heterocycles. The molecule has 0 radical (unpaired) electrons. The Bertz CT molecular complexity index is 1890. The van der Waals surface area contributed by atoms with Crippen LogP contribution in [0.25, 0.3) is 5.57 Å². The molecule has 0 unspecified atom stereocenters. The maximum atomic E-state index is 13.7. The van der Waals surface area contributed by atoms with Gasteiger partial charge in [0.05, 0.1) is 62.0 Å². The number of ether oxygens (including phenoxy) is 4. The average Bonchev–Trinajstić information content (AvgIpc) is 3.63. The van der Waals surface area contributed by atoms with E-state index in [1.54, 1.807) is 43.4 Å². The molecule has 10 heteroatoms. The van der Waals surface area contributed by atoms with Gasteiger partial charge in [0.15, 0.2) is 23.0 Å². The van der Waals surface area contributed by atoms with Gasteiger partial charge in [-0.3, -0.25) is 19.6 Å². The number of amides is 2. The Labute approximate surface area is 279 Å². The number of nitrogens with zero attached hydrogens (tertiary/aromatic N) is 4. The van der Waals surface area contributed by atoms with Crippen molar-refractivity contribution in [2.45, 2.75) is 51.1 Å². The largest absolute Gasteiger partial charge is 0.493 e. The summed E-state index contributed by atoms with van der Waals surface area (Å²) in [4.78, 5) is 40.2. The maximum absolute atomic E-state index is 13.7. The molecule has 1 saturated heterocycles. The van der Waals surface area contributed by atoms with Crippen LogP contribution in [0.4, 0.5) is 11.4 Å². The lowest BCUT2D eigenvalue weighted by Crippen LogP contribution is -2.35. The third-order valence-electron chi connectivity index (χ3n) is 10.1. The zero-order valence-electron chi connectivity index (χ0n) is 27.4. The van der Waals surface area contributed by atoms with E-state index in [-0.39, 0.29) is 23.9 Å². The number of fused-ring (bicyclic) bond motifs is 4. The quantitative estimate of drug-likeness (QED) is 0.245. The van der Waals surface area contributed by atoms with E-state index in [1.807, 2.05) is 23.5 Å². The van der Waals surface area contributed by atoms with Crippen LogP contribution in [-0.4, -0.2) is 80.1 Å². The minimum Gasteiger partial charge on any atom is -0.493 e. The molecule has 2 fully saturated rings. The first-order chi connectivity index (χ1) is 23.3. The van der Waals surface area contributed by atoms with E-state index in [2.05, 4.69) is 31.2 Å². The molecule has 0 N–H and O–H groups in total. The molecule has 10 nitrogen and oxygen atoms in total. The standard InChI is InChI=1S/C38H38N4O6/c1-23-5-7-24(8-6-23)25-13-26-19-39-30-16-34(32(45-2)14-28(30)36(43)41(26)21-25)47-11-4-12-48-35-17-31-29(15-33(35)46-3)37(44)42-22-38(9-10-38)18-27(42)20-40-31/h5-8,14-17,19-21,26-27H,4,9-13,18,22H2,1-3H3/t26-,27-/m0/s1. The van der Waals surface area contributed by atoms with Gasteiger partial charge in [0.25, 0.3) is 11.8 Å². The lowest BCUT2D eigenvalue weighted by Gasteiger charge is -2.21. The van der Waals surface area contributed by atoms with Crippen molar-refractivity contribution in [2.75, 3.05) is 34.0 Å². The third kappa shape index (κ3) is 5.38. The Morgan fingerprint density at radius 2 is 1.40 bits per heavy atom. The first kappa shape index (κ1) is 30.2. The van der Waals surface area contributed by atoms with Crippen LogP contribution in [-0.2, 0) is 0 Å². The molecule has 246 valence electrons. The normalized spacial score (nSPS) is 21.2. The van der Waals surface area contributed by atoms with E-state index in [1.165, 1.54) is 18.4 Å². The lowest BCUT2D eigenvalue weighted by molar-refractivity contribution is 0.0766. The van der Waals surface area contributed by atoms with Crippen molar-refractivity contribution in [2.24, 2.45) is 15.4 Å². The third-order valence-corrected chi connectivity index (χ3v) is 10.1. The fraction of sp³-hybridized carbons (Fsp3) is 0.368. The summed E-state index contributed by atoms with van der Waals surface area (Å²) in [5.74, 6) is 1.86. The second kappa shape index (κ2) is 11.8. The first-order valence-electron chi connectivity index (χ1n) is 16.5. The zero-order chi connectivity index (χ0) is 33.0. The molecule has 3 aromatic rings. The second-order valence-electron chi connectivity index (χ2n) is 13.4.